The van der Waals surface area contributed by atoms with E-state index in [2.05, 4.69) is 22.0 Å². The van der Waals surface area contributed by atoms with Crippen molar-refractivity contribution in [2.75, 3.05) is 19.8 Å². The maximum absolute atomic E-state index is 5.97. The van der Waals surface area contributed by atoms with Gasteiger partial charge >= 0.3 is 0 Å². The summed E-state index contributed by atoms with van der Waals surface area (Å²) in [4.78, 5) is 0. The molecular weight excluding hydrogens is 294 g/mol. The number of para-hydroxylation sites is 1. The molecule has 1 fully saturated rings. The number of nitrogens with two attached hydrogens (primary N) is 1. The van der Waals surface area contributed by atoms with E-state index in [1.165, 1.54) is 5.56 Å². The number of rotatable bonds is 5. The van der Waals surface area contributed by atoms with Gasteiger partial charge in [-0.05, 0) is 47.3 Å². The molecule has 1 aliphatic heterocycles. The summed E-state index contributed by atoms with van der Waals surface area (Å²) in [7, 11) is 0. The molecule has 1 aliphatic rings. The van der Waals surface area contributed by atoms with E-state index in [-0.39, 0.29) is 6.04 Å². The minimum atomic E-state index is 0.136. The van der Waals surface area contributed by atoms with Crippen molar-refractivity contribution in [3.8, 4) is 5.75 Å². The third kappa shape index (κ3) is 3.70. The minimum Gasteiger partial charge on any atom is -0.492 e. The summed E-state index contributed by atoms with van der Waals surface area (Å²) >= 11 is 3.55. The Morgan fingerprint density at radius 3 is 3.06 bits per heavy atom. The molecule has 2 atom stereocenters. The quantitative estimate of drug-likeness (QED) is 0.909. The smallest absolute Gasteiger partial charge is 0.136 e. The Bertz CT molecular complexity index is 389. The molecule has 1 aromatic rings. The van der Waals surface area contributed by atoms with E-state index < -0.39 is 0 Å². The van der Waals surface area contributed by atoms with Gasteiger partial charge in [-0.3, -0.25) is 0 Å². The van der Waals surface area contributed by atoms with Gasteiger partial charge in [0, 0.05) is 18.6 Å². The molecule has 0 aliphatic carbocycles. The van der Waals surface area contributed by atoms with E-state index in [1.807, 2.05) is 19.1 Å². The van der Waals surface area contributed by atoms with E-state index >= 15 is 0 Å². The first kappa shape index (κ1) is 13.8. The topological polar surface area (TPSA) is 44.5 Å². The first-order valence-electron chi connectivity index (χ1n) is 6.40. The molecule has 2 N–H and O–H groups in total. The van der Waals surface area contributed by atoms with E-state index in [9.17, 15) is 0 Å². The molecule has 2 rings (SSSR count). The summed E-state index contributed by atoms with van der Waals surface area (Å²) in [5.41, 5.74) is 7.04. The highest BCUT2D eigenvalue weighted by Crippen LogP contribution is 2.30. The van der Waals surface area contributed by atoms with Crippen molar-refractivity contribution in [3.63, 3.8) is 0 Å². The summed E-state index contributed by atoms with van der Waals surface area (Å²) in [5, 5.41) is 0. The Balaban J connectivity index is 2.04. The lowest BCUT2D eigenvalue weighted by Gasteiger charge is -2.16. The summed E-state index contributed by atoms with van der Waals surface area (Å²) in [6, 6.07) is 6.24. The van der Waals surface area contributed by atoms with Crippen molar-refractivity contribution < 1.29 is 9.47 Å². The van der Waals surface area contributed by atoms with Crippen molar-refractivity contribution in [1.29, 1.82) is 0 Å². The number of benzene rings is 1. The summed E-state index contributed by atoms with van der Waals surface area (Å²) in [5.74, 6) is 1.45. The molecule has 0 aromatic heterocycles. The molecule has 0 amide bonds. The Morgan fingerprint density at radius 1 is 1.56 bits per heavy atom. The summed E-state index contributed by atoms with van der Waals surface area (Å²) in [6.07, 6.45) is 1.92. The molecule has 0 bridgehead atoms. The molecule has 2 unspecified atom stereocenters. The average Bonchev–Trinajstić information content (AvgIpc) is 2.80. The Labute approximate surface area is 117 Å². The first-order chi connectivity index (χ1) is 8.66. The molecule has 4 heteroatoms. The fourth-order valence-corrected chi connectivity index (χ4v) is 2.66. The second-order valence-corrected chi connectivity index (χ2v) is 5.80. The van der Waals surface area contributed by atoms with E-state index in [0.717, 1.165) is 36.3 Å². The lowest BCUT2D eigenvalue weighted by atomic mass is 10.1. The predicted octanol–water partition coefficient (Wildman–Crippen LogP) is 2.75. The van der Waals surface area contributed by atoms with E-state index in [4.69, 9.17) is 15.2 Å². The van der Waals surface area contributed by atoms with Gasteiger partial charge in [0.05, 0.1) is 17.7 Å². The number of halogens is 1. The maximum atomic E-state index is 5.97. The molecule has 1 saturated heterocycles. The minimum absolute atomic E-state index is 0.136. The van der Waals surface area contributed by atoms with Gasteiger partial charge in [0.2, 0.25) is 0 Å². The second kappa shape index (κ2) is 6.55. The van der Waals surface area contributed by atoms with Crippen molar-refractivity contribution in [2.24, 2.45) is 11.7 Å². The van der Waals surface area contributed by atoms with Gasteiger partial charge in [-0.2, -0.15) is 0 Å². The van der Waals surface area contributed by atoms with E-state index in [1.54, 1.807) is 0 Å². The van der Waals surface area contributed by atoms with Crippen LogP contribution in [0.3, 0.4) is 0 Å². The summed E-state index contributed by atoms with van der Waals surface area (Å²) in [6.45, 7) is 4.40. The molecule has 100 valence electrons. The van der Waals surface area contributed by atoms with Gasteiger partial charge in [-0.15, -0.1) is 0 Å². The van der Waals surface area contributed by atoms with Crippen LogP contribution in [-0.2, 0) is 11.2 Å². The lowest BCUT2D eigenvalue weighted by Crippen LogP contribution is -2.19. The van der Waals surface area contributed by atoms with Crippen LogP contribution < -0.4 is 10.5 Å². The SMILES string of the molecule is CC(N)Cc1cccc(Br)c1OCC1CCOC1. The van der Waals surface area contributed by atoms with Crippen molar-refractivity contribution in [1.82, 2.24) is 0 Å². The average molecular weight is 314 g/mol. The zero-order valence-corrected chi connectivity index (χ0v) is 12.3. The largest absolute Gasteiger partial charge is 0.492 e. The fraction of sp³-hybridized carbons (Fsp3) is 0.571. The fourth-order valence-electron chi connectivity index (χ4n) is 2.14. The third-order valence-electron chi connectivity index (χ3n) is 3.08. The van der Waals surface area contributed by atoms with Gasteiger partial charge in [-0.1, -0.05) is 12.1 Å². The molecule has 0 radical (unpaired) electrons. The van der Waals surface area contributed by atoms with Crippen LogP contribution in [0, 0.1) is 5.92 Å². The molecular formula is C14H20BrNO2. The number of hydrogen-bond acceptors (Lipinski definition) is 3. The summed E-state index contributed by atoms with van der Waals surface area (Å²) < 4.78 is 12.3. The van der Waals surface area contributed by atoms with Crippen molar-refractivity contribution in [3.05, 3.63) is 28.2 Å². The highest BCUT2D eigenvalue weighted by atomic mass is 79.9. The molecule has 3 nitrogen and oxygen atoms in total. The van der Waals surface area contributed by atoms with Gasteiger partial charge in [0.15, 0.2) is 0 Å². The normalized spacial score (nSPS) is 20.9. The first-order valence-corrected chi connectivity index (χ1v) is 7.19. The van der Waals surface area contributed by atoms with Crippen molar-refractivity contribution in [2.45, 2.75) is 25.8 Å². The van der Waals surface area contributed by atoms with Crippen LogP contribution in [0.1, 0.15) is 18.9 Å². The third-order valence-corrected chi connectivity index (χ3v) is 3.70. The van der Waals surface area contributed by atoms with Crippen LogP contribution in [0.15, 0.2) is 22.7 Å². The highest BCUT2D eigenvalue weighted by molar-refractivity contribution is 9.10. The zero-order valence-electron chi connectivity index (χ0n) is 10.7. The van der Waals surface area contributed by atoms with Crippen LogP contribution in [-0.4, -0.2) is 25.9 Å². The predicted molar refractivity (Wildman–Crippen MR) is 75.9 cm³/mol. The van der Waals surface area contributed by atoms with Crippen LogP contribution >= 0.6 is 15.9 Å². The van der Waals surface area contributed by atoms with Gasteiger partial charge in [0.25, 0.3) is 0 Å². The Hall–Kier alpha value is -0.580. The van der Waals surface area contributed by atoms with Crippen LogP contribution in [0.5, 0.6) is 5.75 Å². The van der Waals surface area contributed by atoms with Gasteiger partial charge < -0.3 is 15.2 Å². The Morgan fingerprint density at radius 2 is 2.39 bits per heavy atom. The molecule has 1 heterocycles. The molecule has 18 heavy (non-hydrogen) atoms. The highest BCUT2D eigenvalue weighted by Gasteiger charge is 2.18. The lowest BCUT2D eigenvalue weighted by molar-refractivity contribution is 0.166. The zero-order chi connectivity index (χ0) is 13.0. The monoisotopic (exact) mass is 313 g/mol. The van der Waals surface area contributed by atoms with Crippen LogP contribution in [0.25, 0.3) is 0 Å². The van der Waals surface area contributed by atoms with Crippen molar-refractivity contribution >= 4 is 15.9 Å². The number of hydrogen-bond donors (Lipinski definition) is 1. The number of ether oxygens (including phenoxy) is 2. The maximum Gasteiger partial charge on any atom is 0.136 e. The molecule has 0 saturated carbocycles. The van der Waals surface area contributed by atoms with Gasteiger partial charge in [0.1, 0.15) is 5.75 Å². The standard InChI is InChI=1S/C14H20BrNO2/c1-10(16)7-12-3-2-4-13(15)14(12)18-9-11-5-6-17-8-11/h2-4,10-11H,5-9,16H2,1H3. The van der Waals surface area contributed by atoms with E-state index in [0.29, 0.717) is 12.5 Å². The second-order valence-electron chi connectivity index (χ2n) is 4.95. The molecule has 0 spiro atoms. The Kier molecular flexibility index (Phi) is 5.03. The van der Waals surface area contributed by atoms with Crippen LogP contribution in [0.2, 0.25) is 0 Å². The van der Waals surface area contributed by atoms with Crippen LogP contribution in [0.4, 0.5) is 0 Å². The van der Waals surface area contributed by atoms with Gasteiger partial charge in [-0.25, -0.2) is 0 Å². The molecule has 1 aromatic carbocycles.